The van der Waals surface area contributed by atoms with Crippen molar-refractivity contribution >= 4 is 5.91 Å². The number of hydrogen-bond donors (Lipinski definition) is 2. The largest absolute Gasteiger partial charge is 0.496 e. The molecule has 106 valence electrons. The van der Waals surface area contributed by atoms with Gasteiger partial charge in [0.2, 0.25) is 5.91 Å². The zero-order valence-electron chi connectivity index (χ0n) is 12.0. The Hall–Kier alpha value is -1.55. The Bertz CT molecular complexity index is 407. The van der Waals surface area contributed by atoms with Gasteiger partial charge in [0.25, 0.3) is 0 Å². The van der Waals surface area contributed by atoms with Gasteiger partial charge < -0.3 is 15.8 Å². The Kier molecular flexibility index (Phi) is 6.36. The lowest BCUT2D eigenvalue weighted by molar-refractivity contribution is -0.122. The zero-order chi connectivity index (χ0) is 14.3. The van der Waals surface area contributed by atoms with Gasteiger partial charge in [-0.15, -0.1) is 0 Å². The van der Waals surface area contributed by atoms with E-state index in [1.807, 2.05) is 31.2 Å². The summed E-state index contributed by atoms with van der Waals surface area (Å²) < 4.78 is 5.29. The third-order valence-electron chi connectivity index (χ3n) is 3.09. The van der Waals surface area contributed by atoms with Gasteiger partial charge in [0.05, 0.1) is 13.2 Å². The van der Waals surface area contributed by atoms with Crippen LogP contribution in [0.5, 0.6) is 5.75 Å². The summed E-state index contributed by atoms with van der Waals surface area (Å²) in [5.74, 6) is 0.771. The van der Waals surface area contributed by atoms with Crippen molar-refractivity contribution in [2.24, 2.45) is 5.73 Å². The molecule has 19 heavy (non-hydrogen) atoms. The molecular weight excluding hydrogens is 240 g/mol. The normalized spacial score (nSPS) is 13.7. The van der Waals surface area contributed by atoms with Crippen LogP contribution < -0.4 is 15.8 Å². The Labute approximate surface area is 115 Å². The number of hydrogen-bond acceptors (Lipinski definition) is 3. The third kappa shape index (κ3) is 4.91. The van der Waals surface area contributed by atoms with Gasteiger partial charge in [-0.3, -0.25) is 4.79 Å². The first-order chi connectivity index (χ1) is 9.08. The minimum Gasteiger partial charge on any atom is -0.496 e. The van der Waals surface area contributed by atoms with E-state index in [0.29, 0.717) is 6.42 Å². The molecule has 1 aromatic rings. The number of carbonyl (C=O) groups is 1. The number of amides is 1. The van der Waals surface area contributed by atoms with Crippen LogP contribution in [0.15, 0.2) is 24.3 Å². The summed E-state index contributed by atoms with van der Waals surface area (Å²) in [7, 11) is 1.63. The summed E-state index contributed by atoms with van der Waals surface area (Å²) in [4.78, 5) is 11.9. The molecule has 0 bridgehead atoms. The lowest BCUT2D eigenvalue weighted by Gasteiger charge is -2.18. The molecular formula is C15H24N2O2. The number of para-hydroxylation sites is 1. The van der Waals surface area contributed by atoms with Gasteiger partial charge in [-0.2, -0.15) is 0 Å². The molecule has 4 heteroatoms. The molecule has 3 N–H and O–H groups in total. The van der Waals surface area contributed by atoms with Crippen LogP contribution in [0.1, 0.15) is 44.7 Å². The average molecular weight is 264 g/mol. The van der Waals surface area contributed by atoms with Crippen molar-refractivity contribution in [1.82, 2.24) is 5.32 Å². The lowest BCUT2D eigenvalue weighted by Crippen LogP contribution is -2.33. The first-order valence-electron chi connectivity index (χ1n) is 6.76. The standard InChI is InChI=1S/C15H24N2O2/c1-4-7-12(16)10-15(18)17-11(2)13-8-5-6-9-14(13)19-3/h5-6,8-9,11-12H,4,7,10,16H2,1-3H3,(H,17,18)/t11-,12?/m1/s1. The van der Waals surface area contributed by atoms with Gasteiger partial charge in [0.15, 0.2) is 0 Å². The van der Waals surface area contributed by atoms with E-state index in [1.165, 1.54) is 0 Å². The smallest absolute Gasteiger partial charge is 0.222 e. The highest BCUT2D eigenvalue weighted by atomic mass is 16.5. The predicted molar refractivity (Wildman–Crippen MR) is 77.1 cm³/mol. The Morgan fingerprint density at radius 2 is 2.11 bits per heavy atom. The van der Waals surface area contributed by atoms with E-state index in [-0.39, 0.29) is 18.0 Å². The quantitative estimate of drug-likeness (QED) is 0.794. The van der Waals surface area contributed by atoms with Crippen LogP contribution in [-0.4, -0.2) is 19.1 Å². The predicted octanol–water partition coefficient (Wildman–Crippen LogP) is 2.39. The summed E-state index contributed by atoms with van der Waals surface area (Å²) in [5, 5.41) is 2.96. The fraction of sp³-hybridized carbons (Fsp3) is 0.533. The van der Waals surface area contributed by atoms with E-state index in [4.69, 9.17) is 10.5 Å². The van der Waals surface area contributed by atoms with Gasteiger partial charge >= 0.3 is 0 Å². The van der Waals surface area contributed by atoms with Crippen LogP contribution in [0.25, 0.3) is 0 Å². The Morgan fingerprint density at radius 3 is 2.74 bits per heavy atom. The Balaban J connectivity index is 2.59. The number of rotatable bonds is 7. The van der Waals surface area contributed by atoms with Gasteiger partial charge in [-0.05, 0) is 19.4 Å². The number of methoxy groups -OCH3 is 1. The van der Waals surface area contributed by atoms with Crippen LogP contribution in [-0.2, 0) is 4.79 Å². The Morgan fingerprint density at radius 1 is 1.42 bits per heavy atom. The van der Waals surface area contributed by atoms with Crippen molar-refractivity contribution in [3.05, 3.63) is 29.8 Å². The molecule has 1 aromatic carbocycles. The van der Waals surface area contributed by atoms with E-state index in [1.54, 1.807) is 7.11 Å². The number of carbonyl (C=O) groups excluding carboxylic acids is 1. The minimum atomic E-state index is -0.0857. The average Bonchev–Trinajstić information content (AvgIpc) is 2.38. The third-order valence-corrected chi connectivity index (χ3v) is 3.09. The molecule has 2 atom stereocenters. The first-order valence-corrected chi connectivity index (χ1v) is 6.76. The van der Waals surface area contributed by atoms with Crippen LogP contribution >= 0.6 is 0 Å². The molecule has 0 aliphatic rings. The number of benzene rings is 1. The SMILES string of the molecule is CCCC(N)CC(=O)N[C@H](C)c1ccccc1OC. The second kappa shape index (κ2) is 7.79. The summed E-state index contributed by atoms with van der Waals surface area (Å²) >= 11 is 0. The van der Waals surface area contributed by atoms with Crippen molar-refractivity contribution in [2.75, 3.05) is 7.11 Å². The van der Waals surface area contributed by atoms with Gasteiger partial charge in [0, 0.05) is 18.0 Å². The molecule has 0 fully saturated rings. The fourth-order valence-electron chi connectivity index (χ4n) is 2.11. The zero-order valence-corrected chi connectivity index (χ0v) is 12.0. The van der Waals surface area contributed by atoms with Gasteiger partial charge in [0.1, 0.15) is 5.75 Å². The van der Waals surface area contributed by atoms with Crippen molar-refractivity contribution in [2.45, 2.75) is 45.2 Å². The maximum atomic E-state index is 11.9. The summed E-state index contributed by atoms with van der Waals surface area (Å²) in [6.45, 7) is 4.01. The molecule has 0 aromatic heterocycles. The second-order valence-electron chi connectivity index (χ2n) is 4.78. The molecule has 1 unspecified atom stereocenters. The molecule has 1 rings (SSSR count). The highest BCUT2D eigenvalue weighted by molar-refractivity contribution is 5.77. The van der Waals surface area contributed by atoms with E-state index in [9.17, 15) is 4.79 Å². The van der Waals surface area contributed by atoms with Crippen LogP contribution in [0.2, 0.25) is 0 Å². The number of nitrogens with one attached hydrogen (secondary N) is 1. The summed E-state index contributed by atoms with van der Waals surface area (Å²) in [5.41, 5.74) is 6.84. The van der Waals surface area contributed by atoms with Crippen molar-refractivity contribution in [3.63, 3.8) is 0 Å². The van der Waals surface area contributed by atoms with Crippen LogP contribution in [0.4, 0.5) is 0 Å². The van der Waals surface area contributed by atoms with Crippen LogP contribution in [0, 0.1) is 0 Å². The lowest BCUT2D eigenvalue weighted by atomic mass is 10.1. The molecule has 1 amide bonds. The van der Waals surface area contributed by atoms with E-state index >= 15 is 0 Å². The second-order valence-corrected chi connectivity index (χ2v) is 4.78. The number of nitrogens with two attached hydrogens (primary N) is 1. The first kappa shape index (κ1) is 15.5. The summed E-state index contributed by atoms with van der Waals surface area (Å²) in [6, 6.07) is 7.54. The van der Waals surface area contributed by atoms with Crippen LogP contribution in [0.3, 0.4) is 0 Å². The fourth-order valence-corrected chi connectivity index (χ4v) is 2.11. The molecule has 0 radical (unpaired) electrons. The monoisotopic (exact) mass is 264 g/mol. The van der Waals surface area contributed by atoms with Crippen molar-refractivity contribution in [1.29, 1.82) is 0 Å². The maximum absolute atomic E-state index is 11.9. The maximum Gasteiger partial charge on any atom is 0.222 e. The molecule has 0 heterocycles. The van der Waals surface area contributed by atoms with Gasteiger partial charge in [-0.1, -0.05) is 31.5 Å². The highest BCUT2D eigenvalue weighted by Crippen LogP contribution is 2.24. The molecule has 0 saturated heterocycles. The van der Waals surface area contributed by atoms with E-state index in [2.05, 4.69) is 12.2 Å². The van der Waals surface area contributed by atoms with Crippen molar-refractivity contribution < 1.29 is 9.53 Å². The molecule has 4 nitrogen and oxygen atoms in total. The van der Waals surface area contributed by atoms with Gasteiger partial charge in [-0.25, -0.2) is 0 Å². The van der Waals surface area contributed by atoms with Crippen molar-refractivity contribution in [3.8, 4) is 5.75 Å². The number of ether oxygens (including phenoxy) is 1. The topological polar surface area (TPSA) is 64.4 Å². The molecule has 0 aliphatic carbocycles. The molecule has 0 saturated carbocycles. The minimum absolute atomic E-state index is 0.0145. The summed E-state index contributed by atoms with van der Waals surface area (Å²) in [6.07, 6.45) is 2.24. The highest BCUT2D eigenvalue weighted by Gasteiger charge is 2.15. The van der Waals surface area contributed by atoms with E-state index in [0.717, 1.165) is 24.2 Å². The molecule has 0 aliphatic heterocycles. The van der Waals surface area contributed by atoms with E-state index < -0.39 is 0 Å². The molecule has 0 spiro atoms.